The van der Waals surface area contributed by atoms with E-state index in [9.17, 15) is 0 Å². The predicted molar refractivity (Wildman–Crippen MR) is 79.1 cm³/mol. The normalized spacial score (nSPS) is 16.9. The largest absolute Gasteiger partial charge is 0.337 e. The number of rotatable bonds is 1. The van der Waals surface area contributed by atoms with Crippen LogP contribution in [0.5, 0.6) is 0 Å². The third-order valence-electron chi connectivity index (χ3n) is 3.06. The highest BCUT2D eigenvalue weighted by Crippen LogP contribution is 2.30. The molecule has 0 atom stereocenters. The molecule has 0 aliphatic carbocycles. The second-order valence-electron chi connectivity index (χ2n) is 5.38. The number of halogens is 1. The van der Waals surface area contributed by atoms with E-state index < -0.39 is 0 Å². The zero-order valence-electron chi connectivity index (χ0n) is 10.6. The molecule has 1 aliphatic heterocycles. The monoisotopic (exact) mass is 343 g/mol. The molecule has 0 unspecified atom stereocenters. The molecule has 1 aromatic heterocycles. The molecule has 0 radical (unpaired) electrons. The maximum absolute atomic E-state index is 4.37. The van der Waals surface area contributed by atoms with Gasteiger partial charge in [0.15, 0.2) is 0 Å². The van der Waals surface area contributed by atoms with Gasteiger partial charge in [-0.1, -0.05) is 32.4 Å². The van der Waals surface area contributed by atoms with Crippen molar-refractivity contribution in [2.45, 2.75) is 27.2 Å². The van der Waals surface area contributed by atoms with Gasteiger partial charge < -0.3 is 4.90 Å². The van der Waals surface area contributed by atoms with Crippen LogP contribution in [0.1, 0.15) is 27.2 Å². The molecule has 1 aromatic rings. The highest BCUT2D eigenvalue weighted by Gasteiger charge is 2.22. The molecular formula is C13H18IN3. The van der Waals surface area contributed by atoms with Crippen LogP contribution in [0.25, 0.3) is 0 Å². The van der Waals surface area contributed by atoms with Gasteiger partial charge in [-0.3, -0.25) is 0 Å². The van der Waals surface area contributed by atoms with Gasteiger partial charge in [0.2, 0.25) is 5.95 Å². The summed E-state index contributed by atoms with van der Waals surface area (Å²) in [5.74, 6) is 0.842. The Balaban J connectivity index is 2.09. The second-order valence-corrected chi connectivity index (χ2v) is 6.62. The number of hydrogen-bond donors (Lipinski definition) is 0. The van der Waals surface area contributed by atoms with Crippen LogP contribution < -0.4 is 4.90 Å². The lowest BCUT2D eigenvalue weighted by Crippen LogP contribution is -2.32. The highest BCUT2D eigenvalue weighted by atomic mass is 127. The van der Waals surface area contributed by atoms with Gasteiger partial charge in [0.25, 0.3) is 0 Å². The van der Waals surface area contributed by atoms with Crippen molar-refractivity contribution in [1.29, 1.82) is 0 Å². The fourth-order valence-electron chi connectivity index (χ4n) is 2.00. The first-order valence-corrected chi connectivity index (χ1v) is 6.97. The average molecular weight is 343 g/mol. The Hall–Kier alpha value is -0.650. The Kier molecular flexibility index (Phi) is 3.70. The van der Waals surface area contributed by atoms with E-state index in [4.69, 9.17) is 0 Å². The van der Waals surface area contributed by atoms with E-state index in [0.717, 1.165) is 29.0 Å². The van der Waals surface area contributed by atoms with Crippen molar-refractivity contribution in [3.8, 4) is 0 Å². The molecule has 17 heavy (non-hydrogen) atoms. The van der Waals surface area contributed by atoms with E-state index in [2.05, 4.69) is 64.3 Å². The van der Waals surface area contributed by atoms with Crippen molar-refractivity contribution in [2.24, 2.45) is 5.41 Å². The summed E-state index contributed by atoms with van der Waals surface area (Å²) in [4.78, 5) is 11.0. The Morgan fingerprint density at radius 3 is 2.35 bits per heavy atom. The van der Waals surface area contributed by atoms with E-state index in [1.807, 2.05) is 12.4 Å². The van der Waals surface area contributed by atoms with Crippen molar-refractivity contribution in [3.63, 3.8) is 0 Å². The first-order valence-electron chi connectivity index (χ1n) is 5.89. The van der Waals surface area contributed by atoms with E-state index in [1.54, 1.807) is 5.57 Å². The summed E-state index contributed by atoms with van der Waals surface area (Å²) in [6, 6.07) is 0. The van der Waals surface area contributed by atoms with E-state index in [-0.39, 0.29) is 0 Å². The summed E-state index contributed by atoms with van der Waals surface area (Å²) in [6.45, 7) is 8.76. The minimum absolute atomic E-state index is 0.291. The third-order valence-corrected chi connectivity index (χ3v) is 3.62. The van der Waals surface area contributed by atoms with Crippen LogP contribution >= 0.6 is 22.6 Å². The molecule has 0 saturated carbocycles. The number of aromatic nitrogens is 2. The lowest BCUT2D eigenvalue weighted by Gasteiger charge is -2.32. The van der Waals surface area contributed by atoms with Crippen LogP contribution in [0.2, 0.25) is 0 Å². The summed E-state index contributed by atoms with van der Waals surface area (Å²) < 4.78 is 1.08. The Morgan fingerprint density at radius 2 is 1.88 bits per heavy atom. The predicted octanol–water partition coefficient (Wildman–Crippen LogP) is 3.26. The number of nitrogens with zero attached hydrogens (tertiary/aromatic N) is 3. The Labute approximate surface area is 116 Å². The standard InChI is InChI=1S/C13H18IN3/c1-13(2,3)10-4-6-17(7-5-10)12-15-8-11(14)9-16-12/h4,8-9H,5-7H2,1-3H3. The van der Waals surface area contributed by atoms with Crippen molar-refractivity contribution in [2.75, 3.05) is 18.0 Å². The van der Waals surface area contributed by atoms with Crippen LogP contribution in [0, 0.1) is 8.99 Å². The van der Waals surface area contributed by atoms with Crippen LogP contribution in [0.3, 0.4) is 0 Å². The van der Waals surface area contributed by atoms with Gasteiger partial charge in [-0.05, 0) is 34.4 Å². The molecule has 0 aromatic carbocycles. The van der Waals surface area contributed by atoms with E-state index >= 15 is 0 Å². The molecule has 0 spiro atoms. The third kappa shape index (κ3) is 3.18. The number of hydrogen-bond acceptors (Lipinski definition) is 3. The van der Waals surface area contributed by atoms with Gasteiger partial charge in [-0.25, -0.2) is 9.97 Å². The molecule has 0 saturated heterocycles. The number of anilines is 1. The summed E-state index contributed by atoms with van der Waals surface area (Å²) in [7, 11) is 0. The zero-order chi connectivity index (χ0) is 12.5. The topological polar surface area (TPSA) is 29.0 Å². The molecule has 2 rings (SSSR count). The molecule has 0 bridgehead atoms. The van der Waals surface area contributed by atoms with E-state index in [0.29, 0.717) is 5.41 Å². The van der Waals surface area contributed by atoms with Crippen molar-refractivity contribution < 1.29 is 0 Å². The summed E-state index contributed by atoms with van der Waals surface area (Å²) in [5, 5.41) is 0. The van der Waals surface area contributed by atoms with Gasteiger partial charge >= 0.3 is 0 Å². The van der Waals surface area contributed by atoms with Gasteiger partial charge in [-0.2, -0.15) is 0 Å². The van der Waals surface area contributed by atoms with Crippen molar-refractivity contribution in [1.82, 2.24) is 9.97 Å². The fraction of sp³-hybridized carbons (Fsp3) is 0.538. The molecule has 2 heterocycles. The van der Waals surface area contributed by atoms with Gasteiger partial charge in [0.05, 0.1) is 0 Å². The maximum Gasteiger partial charge on any atom is 0.225 e. The van der Waals surface area contributed by atoms with E-state index in [1.165, 1.54) is 0 Å². The molecular weight excluding hydrogens is 325 g/mol. The summed E-state index contributed by atoms with van der Waals surface area (Å²) in [5.41, 5.74) is 1.83. The Bertz CT molecular complexity index is 417. The van der Waals surface area contributed by atoms with Crippen molar-refractivity contribution >= 4 is 28.5 Å². The zero-order valence-corrected chi connectivity index (χ0v) is 12.7. The SMILES string of the molecule is CC(C)(C)C1=CCN(c2ncc(I)cn2)CC1. The van der Waals surface area contributed by atoms with Crippen LogP contribution in [-0.4, -0.2) is 23.1 Å². The molecule has 4 heteroatoms. The maximum atomic E-state index is 4.37. The molecule has 3 nitrogen and oxygen atoms in total. The van der Waals surface area contributed by atoms with Crippen molar-refractivity contribution in [3.05, 3.63) is 27.6 Å². The minimum Gasteiger partial charge on any atom is -0.337 e. The smallest absolute Gasteiger partial charge is 0.225 e. The average Bonchev–Trinajstić information content (AvgIpc) is 2.29. The fourth-order valence-corrected chi connectivity index (χ4v) is 2.28. The van der Waals surface area contributed by atoms with Gasteiger partial charge in [-0.15, -0.1) is 0 Å². The second kappa shape index (κ2) is 4.92. The van der Waals surface area contributed by atoms with Crippen LogP contribution in [-0.2, 0) is 0 Å². The van der Waals surface area contributed by atoms with Gasteiger partial charge in [0, 0.05) is 29.1 Å². The highest BCUT2D eigenvalue weighted by molar-refractivity contribution is 14.1. The summed E-state index contributed by atoms with van der Waals surface area (Å²) in [6.07, 6.45) is 7.17. The Morgan fingerprint density at radius 1 is 1.24 bits per heavy atom. The molecule has 0 fully saturated rings. The first-order chi connectivity index (χ1) is 7.97. The van der Waals surface area contributed by atoms with Gasteiger partial charge in [0.1, 0.15) is 0 Å². The molecule has 0 amide bonds. The first kappa shape index (κ1) is 12.8. The van der Waals surface area contributed by atoms with Crippen LogP contribution in [0.15, 0.2) is 24.0 Å². The molecule has 92 valence electrons. The lowest BCUT2D eigenvalue weighted by molar-refractivity contribution is 0.471. The summed E-state index contributed by atoms with van der Waals surface area (Å²) >= 11 is 2.23. The minimum atomic E-state index is 0.291. The quantitative estimate of drug-likeness (QED) is 0.579. The molecule has 0 N–H and O–H groups in total. The molecule has 1 aliphatic rings. The lowest BCUT2D eigenvalue weighted by atomic mass is 9.83. The van der Waals surface area contributed by atoms with Crippen LogP contribution in [0.4, 0.5) is 5.95 Å².